The summed E-state index contributed by atoms with van der Waals surface area (Å²) in [6, 6.07) is 0. The average Bonchev–Trinajstić information content (AvgIpc) is 2.62. The largest absolute Gasteiger partial charge is 0.354 e. The summed E-state index contributed by atoms with van der Waals surface area (Å²) >= 11 is 0. The molecule has 0 bridgehead atoms. The molecule has 0 atom stereocenters. The summed E-state index contributed by atoms with van der Waals surface area (Å²) in [6.45, 7) is 5.52. The number of hydrogen-bond donors (Lipinski definition) is 2. The molecule has 3 N–H and O–H groups in total. The Balaban J connectivity index is 2.37. The van der Waals surface area contributed by atoms with Crippen molar-refractivity contribution in [2.75, 3.05) is 6.54 Å². The van der Waals surface area contributed by atoms with Crippen LogP contribution in [0.3, 0.4) is 0 Å². The molecular weight excluding hydrogens is 192 g/mol. The van der Waals surface area contributed by atoms with Gasteiger partial charge in [-0.05, 0) is 5.92 Å². The Bertz CT molecular complexity index is 319. The van der Waals surface area contributed by atoms with Crippen LogP contribution in [0.4, 0.5) is 0 Å². The topological polar surface area (TPSA) is 72.9 Å². The SMILES string of the molecule is CC(C)CNC(=O)Cn1cc(CN)cn1. The third-order valence-electron chi connectivity index (χ3n) is 1.94. The lowest BCUT2D eigenvalue weighted by Crippen LogP contribution is -2.30. The third kappa shape index (κ3) is 4.12. The molecule has 5 nitrogen and oxygen atoms in total. The third-order valence-corrected chi connectivity index (χ3v) is 1.94. The van der Waals surface area contributed by atoms with E-state index in [0.717, 1.165) is 5.56 Å². The van der Waals surface area contributed by atoms with Gasteiger partial charge in [-0.25, -0.2) is 0 Å². The van der Waals surface area contributed by atoms with Crippen molar-refractivity contribution in [3.05, 3.63) is 18.0 Å². The molecule has 1 heterocycles. The fourth-order valence-electron chi connectivity index (χ4n) is 1.12. The van der Waals surface area contributed by atoms with Crippen LogP contribution in [0, 0.1) is 5.92 Å². The molecule has 0 saturated carbocycles. The van der Waals surface area contributed by atoms with Gasteiger partial charge in [0.15, 0.2) is 0 Å². The first-order valence-electron chi connectivity index (χ1n) is 5.10. The fourth-order valence-corrected chi connectivity index (χ4v) is 1.12. The van der Waals surface area contributed by atoms with E-state index in [-0.39, 0.29) is 12.5 Å². The molecule has 0 aliphatic carbocycles. The van der Waals surface area contributed by atoms with Crippen LogP contribution < -0.4 is 11.1 Å². The van der Waals surface area contributed by atoms with Crippen LogP contribution in [0.2, 0.25) is 0 Å². The molecule has 0 aliphatic heterocycles. The van der Waals surface area contributed by atoms with E-state index in [1.807, 2.05) is 0 Å². The summed E-state index contributed by atoms with van der Waals surface area (Å²) in [5, 5.41) is 6.86. The van der Waals surface area contributed by atoms with Crippen LogP contribution in [0.5, 0.6) is 0 Å². The minimum absolute atomic E-state index is 0.0182. The first-order chi connectivity index (χ1) is 7.11. The molecular formula is C10H18N4O. The molecule has 0 aliphatic rings. The zero-order valence-corrected chi connectivity index (χ0v) is 9.23. The smallest absolute Gasteiger partial charge is 0.241 e. The van der Waals surface area contributed by atoms with Gasteiger partial charge in [0.1, 0.15) is 6.54 Å². The molecule has 1 aromatic heterocycles. The summed E-state index contributed by atoms with van der Waals surface area (Å²) in [4.78, 5) is 11.4. The Hall–Kier alpha value is -1.36. The van der Waals surface area contributed by atoms with Gasteiger partial charge in [-0.15, -0.1) is 0 Å². The number of nitrogens with zero attached hydrogens (tertiary/aromatic N) is 2. The van der Waals surface area contributed by atoms with E-state index in [9.17, 15) is 4.79 Å². The van der Waals surface area contributed by atoms with E-state index in [2.05, 4.69) is 24.3 Å². The summed E-state index contributed by atoms with van der Waals surface area (Å²) in [6.07, 6.45) is 3.46. The van der Waals surface area contributed by atoms with Crippen LogP contribution >= 0.6 is 0 Å². The number of nitrogens with two attached hydrogens (primary N) is 1. The number of aromatic nitrogens is 2. The van der Waals surface area contributed by atoms with Crippen LogP contribution in [-0.4, -0.2) is 22.2 Å². The molecule has 0 unspecified atom stereocenters. The van der Waals surface area contributed by atoms with Crippen LogP contribution in [0.1, 0.15) is 19.4 Å². The quantitative estimate of drug-likeness (QED) is 0.724. The van der Waals surface area contributed by atoms with Gasteiger partial charge >= 0.3 is 0 Å². The number of rotatable bonds is 5. The van der Waals surface area contributed by atoms with E-state index < -0.39 is 0 Å². The highest BCUT2D eigenvalue weighted by Crippen LogP contribution is 1.95. The Kier molecular flexibility index (Phi) is 4.30. The van der Waals surface area contributed by atoms with E-state index in [1.165, 1.54) is 0 Å². The number of carbonyl (C=O) groups excluding carboxylic acids is 1. The second-order valence-electron chi connectivity index (χ2n) is 3.95. The number of nitrogens with one attached hydrogen (secondary N) is 1. The fraction of sp³-hybridized carbons (Fsp3) is 0.600. The van der Waals surface area contributed by atoms with Crippen molar-refractivity contribution in [3.63, 3.8) is 0 Å². The monoisotopic (exact) mass is 210 g/mol. The Morgan fingerprint density at radius 3 is 2.93 bits per heavy atom. The van der Waals surface area contributed by atoms with Gasteiger partial charge in [-0.1, -0.05) is 13.8 Å². The summed E-state index contributed by atoms with van der Waals surface area (Å²) in [7, 11) is 0. The highest BCUT2D eigenvalue weighted by atomic mass is 16.2. The van der Waals surface area contributed by atoms with Crippen molar-refractivity contribution >= 4 is 5.91 Å². The average molecular weight is 210 g/mol. The second kappa shape index (κ2) is 5.50. The van der Waals surface area contributed by atoms with Gasteiger partial charge in [0.2, 0.25) is 5.91 Å². The van der Waals surface area contributed by atoms with Crippen molar-refractivity contribution in [2.45, 2.75) is 26.9 Å². The lowest BCUT2D eigenvalue weighted by Gasteiger charge is -2.07. The van der Waals surface area contributed by atoms with Gasteiger partial charge < -0.3 is 11.1 Å². The first-order valence-corrected chi connectivity index (χ1v) is 5.10. The zero-order chi connectivity index (χ0) is 11.3. The predicted molar refractivity (Wildman–Crippen MR) is 58.0 cm³/mol. The van der Waals surface area contributed by atoms with E-state index in [0.29, 0.717) is 19.0 Å². The molecule has 15 heavy (non-hydrogen) atoms. The minimum atomic E-state index is -0.0182. The molecule has 0 aromatic carbocycles. The molecule has 1 amide bonds. The normalized spacial score (nSPS) is 10.7. The molecule has 84 valence electrons. The Morgan fingerprint density at radius 2 is 2.40 bits per heavy atom. The molecule has 0 radical (unpaired) electrons. The van der Waals surface area contributed by atoms with Crippen LogP contribution in [-0.2, 0) is 17.9 Å². The molecule has 5 heteroatoms. The summed E-state index contributed by atoms with van der Waals surface area (Å²) in [5.41, 5.74) is 6.38. The lowest BCUT2D eigenvalue weighted by molar-refractivity contribution is -0.122. The van der Waals surface area contributed by atoms with Crippen molar-refractivity contribution < 1.29 is 4.79 Å². The predicted octanol–water partition coefficient (Wildman–Crippen LogP) is 0.114. The molecule has 0 spiro atoms. The molecule has 0 fully saturated rings. The van der Waals surface area contributed by atoms with Gasteiger partial charge in [0.25, 0.3) is 0 Å². The van der Waals surface area contributed by atoms with Gasteiger partial charge in [0, 0.05) is 24.8 Å². The van der Waals surface area contributed by atoms with E-state index in [1.54, 1.807) is 17.1 Å². The standard InChI is InChI=1S/C10H18N4O/c1-8(2)4-12-10(15)7-14-6-9(3-11)5-13-14/h5-6,8H,3-4,7,11H2,1-2H3,(H,12,15). The van der Waals surface area contributed by atoms with Crippen molar-refractivity contribution in [3.8, 4) is 0 Å². The Labute approximate surface area is 89.6 Å². The van der Waals surface area contributed by atoms with Crippen molar-refractivity contribution in [2.24, 2.45) is 11.7 Å². The van der Waals surface area contributed by atoms with Crippen molar-refractivity contribution in [1.29, 1.82) is 0 Å². The highest BCUT2D eigenvalue weighted by molar-refractivity contribution is 5.75. The second-order valence-corrected chi connectivity index (χ2v) is 3.95. The first kappa shape index (κ1) is 11.7. The highest BCUT2D eigenvalue weighted by Gasteiger charge is 2.04. The van der Waals surface area contributed by atoms with Crippen LogP contribution in [0.15, 0.2) is 12.4 Å². The van der Waals surface area contributed by atoms with Gasteiger partial charge in [-0.3, -0.25) is 9.48 Å². The van der Waals surface area contributed by atoms with Gasteiger partial charge in [0.05, 0.1) is 6.20 Å². The minimum Gasteiger partial charge on any atom is -0.354 e. The Morgan fingerprint density at radius 1 is 1.67 bits per heavy atom. The van der Waals surface area contributed by atoms with E-state index >= 15 is 0 Å². The van der Waals surface area contributed by atoms with Gasteiger partial charge in [-0.2, -0.15) is 5.10 Å². The van der Waals surface area contributed by atoms with Crippen LogP contribution in [0.25, 0.3) is 0 Å². The maximum atomic E-state index is 11.4. The summed E-state index contributed by atoms with van der Waals surface area (Å²) in [5.74, 6) is 0.446. The summed E-state index contributed by atoms with van der Waals surface area (Å²) < 4.78 is 1.60. The number of hydrogen-bond acceptors (Lipinski definition) is 3. The molecule has 1 rings (SSSR count). The zero-order valence-electron chi connectivity index (χ0n) is 9.23. The maximum Gasteiger partial charge on any atom is 0.241 e. The molecule has 1 aromatic rings. The molecule has 0 saturated heterocycles. The van der Waals surface area contributed by atoms with E-state index in [4.69, 9.17) is 5.73 Å². The number of amides is 1. The van der Waals surface area contributed by atoms with Crippen molar-refractivity contribution in [1.82, 2.24) is 15.1 Å². The number of carbonyl (C=O) groups is 1. The lowest BCUT2D eigenvalue weighted by atomic mass is 10.2. The maximum absolute atomic E-state index is 11.4.